The number of rotatable bonds is 4. The molecule has 0 atom stereocenters. The zero-order valence-electron chi connectivity index (χ0n) is 11.5. The van der Waals surface area contributed by atoms with E-state index in [0.717, 1.165) is 4.47 Å². The molecule has 5 nitrogen and oxygen atoms in total. The quantitative estimate of drug-likeness (QED) is 0.885. The zero-order valence-corrected chi connectivity index (χ0v) is 13.1. The number of halogens is 1. The van der Waals surface area contributed by atoms with Crippen molar-refractivity contribution >= 4 is 27.5 Å². The second-order valence-corrected chi connectivity index (χ2v) is 5.07. The summed E-state index contributed by atoms with van der Waals surface area (Å²) < 4.78 is 11.0. The highest BCUT2D eigenvalue weighted by atomic mass is 79.9. The van der Waals surface area contributed by atoms with Gasteiger partial charge in [-0.25, -0.2) is 0 Å². The lowest BCUT2D eigenvalue weighted by Gasteiger charge is -2.12. The smallest absolute Gasteiger partial charge is 0.259 e. The SMILES string of the molecule is COc1ccc(Br)cc1NC(=O)c1cccc(OC)c1O. The Morgan fingerprint density at radius 2 is 1.86 bits per heavy atom. The third-order valence-corrected chi connectivity index (χ3v) is 3.37. The molecule has 0 heterocycles. The minimum atomic E-state index is -0.456. The summed E-state index contributed by atoms with van der Waals surface area (Å²) in [5.74, 6) is 0.104. The number of phenols is 1. The summed E-state index contributed by atoms with van der Waals surface area (Å²) in [5, 5.41) is 12.7. The van der Waals surface area contributed by atoms with E-state index in [1.807, 2.05) is 0 Å². The third-order valence-electron chi connectivity index (χ3n) is 2.87. The number of amides is 1. The van der Waals surface area contributed by atoms with Crippen LogP contribution in [0.25, 0.3) is 0 Å². The summed E-state index contributed by atoms with van der Waals surface area (Å²) in [5.41, 5.74) is 0.621. The van der Waals surface area contributed by atoms with Gasteiger partial charge in [-0.2, -0.15) is 0 Å². The molecular formula is C15H14BrNO4. The lowest BCUT2D eigenvalue weighted by molar-refractivity contribution is 0.102. The molecule has 110 valence electrons. The molecule has 0 unspecified atom stereocenters. The number of aromatic hydroxyl groups is 1. The van der Waals surface area contributed by atoms with Crippen LogP contribution in [-0.2, 0) is 0 Å². The van der Waals surface area contributed by atoms with Crippen molar-refractivity contribution in [1.82, 2.24) is 0 Å². The summed E-state index contributed by atoms with van der Waals surface area (Å²) in [4.78, 5) is 12.3. The molecule has 0 aliphatic heterocycles. The minimum absolute atomic E-state index is 0.122. The van der Waals surface area contributed by atoms with E-state index in [1.165, 1.54) is 20.3 Å². The first-order chi connectivity index (χ1) is 10.1. The number of para-hydroxylation sites is 1. The van der Waals surface area contributed by atoms with Crippen LogP contribution in [0.5, 0.6) is 17.2 Å². The predicted octanol–water partition coefficient (Wildman–Crippen LogP) is 3.42. The van der Waals surface area contributed by atoms with Crippen molar-refractivity contribution in [2.75, 3.05) is 19.5 Å². The van der Waals surface area contributed by atoms with Crippen LogP contribution < -0.4 is 14.8 Å². The standard InChI is InChI=1S/C15H14BrNO4/c1-20-12-7-6-9(16)8-11(12)17-15(19)10-4-3-5-13(21-2)14(10)18/h3-8,18H,1-2H3,(H,17,19). The maximum Gasteiger partial charge on any atom is 0.259 e. The Morgan fingerprint density at radius 1 is 1.14 bits per heavy atom. The van der Waals surface area contributed by atoms with E-state index < -0.39 is 5.91 Å². The topological polar surface area (TPSA) is 67.8 Å². The van der Waals surface area contributed by atoms with E-state index in [9.17, 15) is 9.90 Å². The monoisotopic (exact) mass is 351 g/mol. The number of ether oxygens (including phenoxy) is 2. The van der Waals surface area contributed by atoms with Gasteiger partial charge in [0.1, 0.15) is 5.75 Å². The average Bonchev–Trinajstić information content (AvgIpc) is 2.47. The molecule has 2 aromatic carbocycles. The van der Waals surface area contributed by atoms with Crippen LogP contribution in [0.1, 0.15) is 10.4 Å². The number of benzene rings is 2. The molecule has 2 N–H and O–H groups in total. The van der Waals surface area contributed by atoms with E-state index in [-0.39, 0.29) is 17.1 Å². The number of methoxy groups -OCH3 is 2. The fourth-order valence-electron chi connectivity index (χ4n) is 1.84. The van der Waals surface area contributed by atoms with Crippen LogP contribution in [0.2, 0.25) is 0 Å². The lowest BCUT2D eigenvalue weighted by atomic mass is 10.1. The zero-order chi connectivity index (χ0) is 15.4. The van der Waals surface area contributed by atoms with Crippen LogP contribution in [0.15, 0.2) is 40.9 Å². The fraction of sp³-hybridized carbons (Fsp3) is 0.133. The van der Waals surface area contributed by atoms with Crippen LogP contribution >= 0.6 is 15.9 Å². The molecule has 2 aromatic rings. The molecule has 0 saturated carbocycles. The van der Waals surface area contributed by atoms with Crippen LogP contribution in [-0.4, -0.2) is 25.2 Å². The van der Waals surface area contributed by atoms with Gasteiger partial charge in [0.2, 0.25) is 0 Å². The molecule has 0 spiro atoms. The molecule has 0 aliphatic rings. The summed E-state index contributed by atoms with van der Waals surface area (Å²) in [6, 6.07) is 9.96. The maximum absolute atomic E-state index is 12.3. The molecule has 0 bridgehead atoms. The van der Waals surface area contributed by atoms with Crippen molar-refractivity contribution in [1.29, 1.82) is 0 Å². The maximum atomic E-state index is 12.3. The van der Waals surface area contributed by atoms with Gasteiger partial charge >= 0.3 is 0 Å². The van der Waals surface area contributed by atoms with Gasteiger partial charge < -0.3 is 19.9 Å². The Kier molecular flexibility index (Phi) is 4.70. The molecule has 0 radical (unpaired) electrons. The number of carbonyl (C=O) groups excluding carboxylic acids is 1. The van der Waals surface area contributed by atoms with E-state index in [0.29, 0.717) is 11.4 Å². The Bertz CT molecular complexity index is 673. The van der Waals surface area contributed by atoms with Crippen molar-refractivity contribution in [3.8, 4) is 17.2 Å². The molecule has 6 heteroatoms. The van der Waals surface area contributed by atoms with Crippen LogP contribution in [0.3, 0.4) is 0 Å². The number of hydrogen-bond acceptors (Lipinski definition) is 4. The number of hydrogen-bond donors (Lipinski definition) is 2. The van der Waals surface area contributed by atoms with E-state index >= 15 is 0 Å². The number of phenolic OH excluding ortho intramolecular Hbond substituents is 1. The van der Waals surface area contributed by atoms with Gasteiger partial charge in [0.15, 0.2) is 11.5 Å². The molecule has 0 saturated heterocycles. The Morgan fingerprint density at radius 3 is 2.52 bits per heavy atom. The lowest BCUT2D eigenvalue weighted by Crippen LogP contribution is -2.13. The highest BCUT2D eigenvalue weighted by Gasteiger charge is 2.16. The van der Waals surface area contributed by atoms with Crippen molar-refractivity contribution in [2.24, 2.45) is 0 Å². The molecule has 0 aliphatic carbocycles. The Balaban J connectivity index is 2.32. The first kappa shape index (κ1) is 15.2. The number of anilines is 1. The van der Waals surface area contributed by atoms with Gasteiger partial charge in [0.25, 0.3) is 5.91 Å². The summed E-state index contributed by atoms with van der Waals surface area (Å²) in [7, 11) is 2.94. The van der Waals surface area contributed by atoms with Crippen molar-refractivity contribution in [3.05, 3.63) is 46.4 Å². The first-order valence-corrected chi connectivity index (χ1v) is 6.87. The van der Waals surface area contributed by atoms with Crippen molar-refractivity contribution in [2.45, 2.75) is 0 Å². The molecule has 0 fully saturated rings. The average molecular weight is 352 g/mol. The van der Waals surface area contributed by atoms with Crippen LogP contribution in [0, 0.1) is 0 Å². The number of nitrogens with one attached hydrogen (secondary N) is 1. The second-order valence-electron chi connectivity index (χ2n) is 4.16. The summed E-state index contributed by atoms with van der Waals surface area (Å²) in [6.07, 6.45) is 0. The Labute approximate surface area is 130 Å². The van der Waals surface area contributed by atoms with E-state index in [4.69, 9.17) is 9.47 Å². The third kappa shape index (κ3) is 3.28. The van der Waals surface area contributed by atoms with Gasteiger partial charge in [0.05, 0.1) is 25.5 Å². The van der Waals surface area contributed by atoms with Gasteiger partial charge in [-0.1, -0.05) is 22.0 Å². The van der Waals surface area contributed by atoms with Crippen molar-refractivity contribution in [3.63, 3.8) is 0 Å². The van der Waals surface area contributed by atoms with Crippen molar-refractivity contribution < 1.29 is 19.4 Å². The van der Waals surface area contributed by atoms with Gasteiger partial charge in [-0.15, -0.1) is 0 Å². The summed E-state index contributed by atoms with van der Waals surface area (Å²) in [6.45, 7) is 0. The highest BCUT2D eigenvalue weighted by molar-refractivity contribution is 9.10. The largest absolute Gasteiger partial charge is 0.504 e. The highest BCUT2D eigenvalue weighted by Crippen LogP contribution is 2.32. The predicted molar refractivity (Wildman–Crippen MR) is 83.3 cm³/mol. The molecule has 0 aromatic heterocycles. The van der Waals surface area contributed by atoms with E-state index in [1.54, 1.807) is 30.3 Å². The normalized spacial score (nSPS) is 10.0. The van der Waals surface area contributed by atoms with Gasteiger partial charge in [-0.05, 0) is 30.3 Å². The van der Waals surface area contributed by atoms with Gasteiger partial charge in [0, 0.05) is 4.47 Å². The van der Waals surface area contributed by atoms with Crippen LogP contribution in [0.4, 0.5) is 5.69 Å². The summed E-state index contributed by atoms with van der Waals surface area (Å²) >= 11 is 3.33. The minimum Gasteiger partial charge on any atom is -0.504 e. The fourth-order valence-corrected chi connectivity index (χ4v) is 2.20. The molecule has 1 amide bonds. The van der Waals surface area contributed by atoms with Gasteiger partial charge in [-0.3, -0.25) is 4.79 Å². The Hall–Kier alpha value is -2.21. The molecule has 21 heavy (non-hydrogen) atoms. The molecule has 2 rings (SSSR count). The molecular weight excluding hydrogens is 338 g/mol. The second kappa shape index (κ2) is 6.49. The number of carbonyl (C=O) groups is 1. The van der Waals surface area contributed by atoms with E-state index in [2.05, 4.69) is 21.2 Å². The first-order valence-electron chi connectivity index (χ1n) is 6.07.